The minimum Gasteiger partial charge on any atom is -0.396 e. The van der Waals surface area contributed by atoms with Crippen molar-refractivity contribution in [3.05, 3.63) is 0 Å². The molecular weight excluding hydrogens is 152 g/mol. The normalized spacial score (nSPS) is 13.2. The lowest BCUT2D eigenvalue weighted by Crippen LogP contribution is -2.20. The summed E-state index contributed by atoms with van der Waals surface area (Å²) < 4.78 is 0. The summed E-state index contributed by atoms with van der Waals surface area (Å²) in [6, 6.07) is 0.323. The Kier molecular flexibility index (Phi) is 8.88. The van der Waals surface area contributed by atoms with Gasteiger partial charge in [0.05, 0.1) is 0 Å². The number of unbranched alkanes of at least 4 members (excludes halogenated alkanes) is 1. The first-order valence-electron chi connectivity index (χ1n) is 4.84. The first kappa shape index (κ1) is 11.9. The van der Waals surface area contributed by atoms with Crippen molar-refractivity contribution in [3.8, 4) is 0 Å². The van der Waals surface area contributed by atoms with Crippen LogP contribution in [0.3, 0.4) is 0 Å². The van der Waals surface area contributed by atoms with Gasteiger partial charge in [-0.05, 0) is 45.7 Å². The minimum atomic E-state index is 0.307. The van der Waals surface area contributed by atoms with E-state index in [2.05, 4.69) is 5.32 Å². The third-order valence-electron chi connectivity index (χ3n) is 1.77. The standard InChI is InChI=1S/C9H22N2O/c1-9(10)5-4-7-11-6-2-3-8-12/h9,11-12H,2-8,10H2,1H3. The lowest BCUT2D eigenvalue weighted by Gasteiger charge is -2.05. The topological polar surface area (TPSA) is 58.3 Å². The Labute approximate surface area is 75.3 Å². The third kappa shape index (κ3) is 9.88. The van der Waals surface area contributed by atoms with Gasteiger partial charge < -0.3 is 16.2 Å². The van der Waals surface area contributed by atoms with Crippen LogP contribution in [0.2, 0.25) is 0 Å². The van der Waals surface area contributed by atoms with Gasteiger partial charge in [0.15, 0.2) is 0 Å². The van der Waals surface area contributed by atoms with Crippen molar-refractivity contribution >= 4 is 0 Å². The van der Waals surface area contributed by atoms with Crippen LogP contribution in [-0.4, -0.2) is 30.8 Å². The summed E-state index contributed by atoms with van der Waals surface area (Å²) in [6.07, 6.45) is 4.21. The zero-order valence-electron chi connectivity index (χ0n) is 8.05. The van der Waals surface area contributed by atoms with Crippen molar-refractivity contribution in [1.29, 1.82) is 0 Å². The Balaban J connectivity index is 2.82. The Bertz CT molecular complexity index is 86.6. The second-order valence-corrected chi connectivity index (χ2v) is 3.30. The number of hydrogen-bond acceptors (Lipinski definition) is 3. The molecular formula is C9H22N2O. The summed E-state index contributed by atoms with van der Waals surface area (Å²) >= 11 is 0. The van der Waals surface area contributed by atoms with Crippen LogP contribution in [0.5, 0.6) is 0 Å². The van der Waals surface area contributed by atoms with E-state index in [1.807, 2.05) is 6.92 Å². The van der Waals surface area contributed by atoms with Gasteiger partial charge in [0, 0.05) is 12.6 Å². The average molecular weight is 174 g/mol. The van der Waals surface area contributed by atoms with Gasteiger partial charge in [0.1, 0.15) is 0 Å². The molecule has 0 aliphatic heterocycles. The van der Waals surface area contributed by atoms with Crippen LogP contribution in [-0.2, 0) is 0 Å². The first-order chi connectivity index (χ1) is 5.77. The second kappa shape index (κ2) is 8.97. The predicted octanol–water partition coefficient (Wildman–Crippen LogP) is 0.476. The van der Waals surface area contributed by atoms with Gasteiger partial charge in [-0.15, -0.1) is 0 Å². The molecule has 0 heterocycles. The van der Waals surface area contributed by atoms with Gasteiger partial charge >= 0.3 is 0 Å². The molecule has 0 radical (unpaired) electrons. The van der Waals surface area contributed by atoms with Gasteiger partial charge in [-0.3, -0.25) is 0 Å². The predicted molar refractivity (Wildman–Crippen MR) is 52.1 cm³/mol. The van der Waals surface area contributed by atoms with E-state index in [0.29, 0.717) is 12.6 Å². The van der Waals surface area contributed by atoms with E-state index in [0.717, 1.165) is 38.8 Å². The summed E-state index contributed by atoms with van der Waals surface area (Å²) in [6.45, 7) is 4.40. The molecule has 3 nitrogen and oxygen atoms in total. The third-order valence-corrected chi connectivity index (χ3v) is 1.77. The van der Waals surface area contributed by atoms with Crippen LogP contribution in [0.4, 0.5) is 0 Å². The molecule has 0 amide bonds. The number of nitrogens with one attached hydrogen (secondary N) is 1. The Morgan fingerprint density at radius 1 is 1.25 bits per heavy atom. The fraction of sp³-hybridized carbons (Fsp3) is 1.00. The second-order valence-electron chi connectivity index (χ2n) is 3.30. The minimum absolute atomic E-state index is 0.307. The molecule has 1 atom stereocenters. The largest absolute Gasteiger partial charge is 0.396 e. The molecule has 0 spiro atoms. The smallest absolute Gasteiger partial charge is 0.0431 e. The fourth-order valence-corrected chi connectivity index (χ4v) is 1.04. The molecule has 0 bridgehead atoms. The van der Waals surface area contributed by atoms with E-state index in [9.17, 15) is 0 Å². The van der Waals surface area contributed by atoms with Crippen LogP contribution >= 0.6 is 0 Å². The van der Waals surface area contributed by atoms with Crippen molar-refractivity contribution in [2.75, 3.05) is 19.7 Å². The average Bonchev–Trinajstić information content (AvgIpc) is 2.02. The maximum atomic E-state index is 8.50. The summed E-state index contributed by atoms with van der Waals surface area (Å²) in [5.74, 6) is 0. The number of nitrogens with two attached hydrogens (primary N) is 1. The quantitative estimate of drug-likeness (QED) is 0.469. The maximum absolute atomic E-state index is 8.50. The maximum Gasteiger partial charge on any atom is 0.0431 e. The highest BCUT2D eigenvalue weighted by Crippen LogP contribution is 1.91. The van der Waals surface area contributed by atoms with Crippen LogP contribution in [0.25, 0.3) is 0 Å². The molecule has 0 fully saturated rings. The number of hydrogen-bond donors (Lipinski definition) is 3. The zero-order valence-corrected chi connectivity index (χ0v) is 8.05. The highest BCUT2D eigenvalue weighted by Gasteiger charge is 1.93. The Morgan fingerprint density at radius 2 is 1.92 bits per heavy atom. The molecule has 0 saturated heterocycles. The van der Waals surface area contributed by atoms with Gasteiger partial charge in [0.2, 0.25) is 0 Å². The number of aliphatic hydroxyl groups excluding tert-OH is 1. The molecule has 74 valence electrons. The van der Waals surface area contributed by atoms with E-state index < -0.39 is 0 Å². The molecule has 0 rings (SSSR count). The Hall–Kier alpha value is -0.120. The lowest BCUT2D eigenvalue weighted by molar-refractivity contribution is 0.283. The molecule has 0 aliphatic rings. The molecule has 1 unspecified atom stereocenters. The highest BCUT2D eigenvalue weighted by atomic mass is 16.2. The molecule has 4 N–H and O–H groups in total. The molecule has 0 aliphatic carbocycles. The van der Waals surface area contributed by atoms with Crippen molar-refractivity contribution in [2.24, 2.45) is 5.73 Å². The summed E-state index contributed by atoms with van der Waals surface area (Å²) in [5, 5.41) is 11.8. The fourth-order valence-electron chi connectivity index (χ4n) is 1.04. The summed E-state index contributed by atoms with van der Waals surface area (Å²) in [5.41, 5.74) is 5.59. The van der Waals surface area contributed by atoms with Crippen LogP contribution in [0.1, 0.15) is 32.6 Å². The molecule has 0 saturated carbocycles. The van der Waals surface area contributed by atoms with E-state index in [1.165, 1.54) is 0 Å². The van der Waals surface area contributed by atoms with Crippen LogP contribution < -0.4 is 11.1 Å². The van der Waals surface area contributed by atoms with Gasteiger partial charge in [-0.1, -0.05) is 0 Å². The molecule has 0 aromatic rings. The SMILES string of the molecule is CC(N)CCCNCCCCO. The van der Waals surface area contributed by atoms with Gasteiger partial charge in [0.25, 0.3) is 0 Å². The van der Waals surface area contributed by atoms with E-state index in [1.54, 1.807) is 0 Å². The van der Waals surface area contributed by atoms with Crippen molar-refractivity contribution in [3.63, 3.8) is 0 Å². The van der Waals surface area contributed by atoms with Crippen molar-refractivity contribution < 1.29 is 5.11 Å². The van der Waals surface area contributed by atoms with E-state index in [-0.39, 0.29) is 0 Å². The van der Waals surface area contributed by atoms with E-state index in [4.69, 9.17) is 10.8 Å². The number of rotatable bonds is 8. The highest BCUT2D eigenvalue weighted by molar-refractivity contribution is 4.55. The lowest BCUT2D eigenvalue weighted by atomic mass is 10.2. The molecule has 3 heteroatoms. The molecule has 0 aromatic heterocycles. The van der Waals surface area contributed by atoms with Crippen LogP contribution in [0.15, 0.2) is 0 Å². The number of aliphatic hydroxyl groups is 1. The summed E-state index contributed by atoms with van der Waals surface area (Å²) in [4.78, 5) is 0. The van der Waals surface area contributed by atoms with Gasteiger partial charge in [-0.2, -0.15) is 0 Å². The van der Waals surface area contributed by atoms with Gasteiger partial charge in [-0.25, -0.2) is 0 Å². The summed E-state index contributed by atoms with van der Waals surface area (Å²) in [7, 11) is 0. The molecule has 12 heavy (non-hydrogen) atoms. The zero-order chi connectivity index (χ0) is 9.23. The monoisotopic (exact) mass is 174 g/mol. The van der Waals surface area contributed by atoms with Crippen molar-refractivity contribution in [1.82, 2.24) is 5.32 Å². The first-order valence-corrected chi connectivity index (χ1v) is 4.84. The van der Waals surface area contributed by atoms with Crippen molar-refractivity contribution in [2.45, 2.75) is 38.6 Å². The van der Waals surface area contributed by atoms with Crippen LogP contribution in [0, 0.1) is 0 Å². The Morgan fingerprint density at radius 3 is 2.50 bits per heavy atom. The molecule has 0 aromatic carbocycles. The van der Waals surface area contributed by atoms with E-state index >= 15 is 0 Å².